The van der Waals surface area contributed by atoms with Gasteiger partial charge in [-0.1, -0.05) is 0 Å². The fourth-order valence-electron chi connectivity index (χ4n) is 2.80. The molecule has 0 unspecified atom stereocenters. The van der Waals surface area contributed by atoms with E-state index in [1.165, 1.54) is 0 Å². The van der Waals surface area contributed by atoms with E-state index >= 15 is 0 Å². The number of rotatable bonds is 5. The average molecular weight is 274 g/mol. The van der Waals surface area contributed by atoms with E-state index in [1.54, 1.807) is 18.2 Å². The largest absolute Gasteiger partial charge is 0.378 e. The van der Waals surface area contributed by atoms with Crippen LogP contribution >= 0.6 is 0 Å². The summed E-state index contributed by atoms with van der Waals surface area (Å²) in [6, 6.07) is 5.28. The molecule has 1 aliphatic carbocycles. The van der Waals surface area contributed by atoms with E-state index in [2.05, 4.69) is 9.97 Å². The van der Waals surface area contributed by atoms with Crippen molar-refractivity contribution in [1.29, 1.82) is 0 Å². The zero-order valence-electron chi connectivity index (χ0n) is 11.4. The number of aromatic amines is 2. The van der Waals surface area contributed by atoms with Crippen LogP contribution in [0.2, 0.25) is 0 Å². The van der Waals surface area contributed by atoms with Crippen molar-refractivity contribution in [3.63, 3.8) is 0 Å². The Morgan fingerprint density at radius 1 is 1.30 bits per heavy atom. The minimum Gasteiger partial charge on any atom is -0.378 e. The maximum atomic E-state index is 12.2. The van der Waals surface area contributed by atoms with Gasteiger partial charge < -0.3 is 14.7 Å². The summed E-state index contributed by atoms with van der Waals surface area (Å²) in [6.07, 6.45) is 2.84. The first-order valence-electron chi connectivity index (χ1n) is 7.02. The van der Waals surface area contributed by atoms with Gasteiger partial charge in [-0.05, 0) is 43.9 Å². The predicted molar refractivity (Wildman–Crippen MR) is 76.0 cm³/mol. The van der Waals surface area contributed by atoms with Crippen LogP contribution in [0.25, 0.3) is 11.0 Å². The van der Waals surface area contributed by atoms with Crippen molar-refractivity contribution in [3.8, 4) is 0 Å². The zero-order chi connectivity index (χ0) is 14.1. The molecule has 5 heteroatoms. The van der Waals surface area contributed by atoms with Crippen LogP contribution in [0.4, 0.5) is 0 Å². The number of fused-ring (bicyclic) bond motifs is 1. The first-order valence-corrected chi connectivity index (χ1v) is 7.02. The average Bonchev–Trinajstić information content (AvgIpc) is 2.75. The number of benzene rings is 1. The lowest BCUT2D eigenvalue weighted by Gasteiger charge is -2.34. The number of carbonyl (C=O) groups is 1. The van der Waals surface area contributed by atoms with Crippen LogP contribution in [0.1, 0.15) is 36.5 Å². The summed E-state index contributed by atoms with van der Waals surface area (Å²) < 4.78 is 5.50. The van der Waals surface area contributed by atoms with E-state index in [0.717, 1.165) is 25.0 Å². The highest BCUT2D eigenvalue weighted by molar-refractivity contribution is 5.99. The summed E-state index contributed by atoms with van der Waals surface area (Å²) in [5.41, 5.74) is 1.82. The highest BCUT2D eigenvalue weighted by Gasteiger charge is 2.31. The molecule has 1 aromatic heterocycles. The normalized spacial score (nSPS) is 21.9. The van der Waals surface area contributed by atoms with Gasteiger partial charge in [0.2, 0.25) is 0 Å². The second kappa shape index (κ2) is 5.25. The van der Waals surface area contributed by atoms with Crippen LogP contribution in [0.15, 0.2) is 23.0 Å². The lowest BCUT2D eigenvalue weighted by molar-refractivity contribution is -0.0246. The maximum Gasteiger partial charge on any atom is 0.323 e. The van der Waals surface area contributed by atoms with Gasteiger partial charge in [0.05, 0.1) is 17.1 Å². The van der Waals surface area contributed by atoms with Crippen LogP contribution in [0, 0.1) is 5.92 Å². The summed E-state index contributed by atoms with van der Waals surface area (Å²) >= 11 is 0. The van der Waals surface area contributed by atoms with Crippen molar-refractivity contribution >= 4 is 16.8 Å². The first kappa shape index (κ1) is 13.1. The quantitative estimate of drug-likeness (QED) is 0.821. The zero-order valence-corrected chi connectivity index (χ0v) is 11.4. The topological polar surface area (TPSA) is 75.0 Å². The van der Waals surface area contributed by atoms with Gasteiger partial charge >= 0.3 is 5.69 Å². The molecule has 20 heavy (non-hydrogen) atoms. The van der Waals surface area contributed by atoms with Gasteiger partial charge in [0.15, 0.2) is 5.78 Å². The first-order chi connectivity index (χ1) is 9.65. The van der Waals surface area contributed by atoms with E-state index in [0.29, 0.717) is 29.5 Å². The molecule has 2 N–H and O–H groups in total. The van der Waals surface area contributed by atoms with Gasteiger partial charge in [0.25, 0.3) is 0 Å². The number of hydrogen-bond donors (Lipinski definition) is 2. The standard InChI is InChI=1S/C15H18N2O3/c1-2-20-11-5-9(6-11)7-14(18)10-3-4-12-13(8-10)17-15(19)16-12/h3-4,8-9,11H,2,5-7H2,1H3,(H2,16,17,19). The van der Waals surface area contributed by atoms with Gasteiger partial charge in [0, 0.05) is 18.6 Å². The summed E-state index contributed by atoms with van der Waals surface area (Å²) in [4.78, 5) is 28.8. The second-order valence-electron chi connectivity index (χ2n) is 5.38. The molecule has 0 spiro atoms. The minimum atomic E-state index is -0.247. The molecule has 3 rings (SSSR count). The highest BCUT2D eigenvalue weighted by atomic mass is 16.5. The minimum absolute atomic E-state index is 0.133. The van der Waals surface area contributed by atoms with Crippen molar-refractivity contribution in [2.75, 3.05) is 6.61 Å². The molecule has 0 radical (unpaired) electrons. The van der Waals surface area contributed by atoms with Crippen molar-refractivity contribution in [2.45, 2.75) is 32.3 Å². The van der Waals surface area contributed by atoms with Crippen molar-refractivity contribution in [2.24, 2.45) is 5.92 Å². The third-order valence-electron chi connectivity index (χ3n) is 3.91. The fourth-order valence-corrected chi connectivity index (χ4v) is 2.80. The number of hydrogen-bond acceptors (Lipinski definition) is 3. The number of H-pyrrole nitrogens is 2. The van der Waals surface area contributed by atoms with E-state index in [-0.39, 0.29) is 11.5 Å². The van der Waals surface area contributed by atoms with Crippen LogP contribution in [-0.2, 0) is 4.74 Å². The van der Waals surface area contributed by atoms with E-state index in [4.69, 9.17) is 4.74 Å². The number of imidazole rings is 1. The number of Topliss-reactive ketones (excluding diaryl/α,β-unsaturated/α-hetero) is 1. The monoisotopic (exact) mass is 274 g/mol. The molecule has 2 aromatic rings. The van der Waals surface area contributed by atoms with Gasteiger partial charge in [-0.25, -0.2) is 4.79 Å². The number of nitrogens with one attached hydrogen (secondary N) is 2. The Hall–Kier alpha value is -1.88. The Morgan fingerprint density at radius 3 is 2.80 bits per heavy atom. The Kier molecular flexibility index (Phi) is 3.44. The number of ketones is 1. The number of carbonyl (C=O) groups excluding carboxylic acids is 1. The van der Waals surface area contributed by atoms with Crippen LogP contribution in [0.5, 0.6) is 0 Å². The molecule has 0 amide bonds. The Morgan fingerprint density at radius 2 is 2.05 bits per heavy atom. The van der Waals surface area contributed by atoms with Gasteiger partial charge in [0.1, 0.15) is 0 Å². The Labute approximate surface area is 116 Å². The van der Waals surface area contributed by atoms with Crippen molar-refractivity contribution in [3.05, 3.63) is 34.2 Å². The van der Waals surface area contributed by atoms with E-state index in [9.17, 15) is 9.59 Å². The van der Waals surface area contributed by atoms with Crippen LogP contribution in [-0.4, -0.2) is 28.5 Å². The van der Waals surface area contributed by atoms with E-state index in [1.807, 2.05) is 6.92 Å². The number of ether oxygens (including phenoxy) is 1. The molecule has 1 fully saturated rings. The lowest BCUT2D eigenvalue weighted by Crippen LogP contribution is -2.32. The second-order valence-corrected chi connectivity index (χ2v) is 5.38. The summed E-state index contributed by atoms with van der Waals surface area (Å²) in [7, 11) is 0. The fraction of sp³-hybridized carbons (Fsp3) is 0.467. The van der Waals surface area contributed by atoms with E-state index < -0.39 is 0 Å². The van der Waals surface area contributed by atoms with Crippen LogP contribution < -0.4 is 5.69 Å². The van der Waals surface area contributed by atoms with Gasteiger partial charge in [-0.2, -0.15) is 0 Å². The van der Waals surface area contributed by atoms with Gasteiger partial charge in [-0.3, -0.25) is 4.79 Å². The highest BCUT2D eigenvalue weighted by Crippen LogP contribution is 2.33. The molecular formula is C15H18N2O3. The summed E-state index contributed by atoms with van der Waals surface area (Å²) in [5.74, 6) is 0.564. The molecular weight excluding hydrogens is 256 g/mol. The van der Waals surface area contributed by atoms with Crippen LogP contribution in [0.3, 0.4) is 0 Å². The van der Waals surface area contributed by atoms with Gasteiger partial charge in [-0.15, -0.1) is 0 Å². The third kappa shape index (κ3) is 2.54. The Balaban J connectivity index is 1.65. The molecule has 0 bridgehead atoms. The third-order valence-corrected chi connectivity index (χ3v) is 3.91. The molecule has 1 aliphatic rings. The molecule has 0 aliphatic heterocycles. The molecule has 1 heterocycles. The maximum absolute atomic E-state index is 12.2. The SMILES string of the molecule is CCOC1CC(CC(=O)c2ccc3[nH]c(=O)[nH]c3c2)C1. The molecule has 0 atom stereocenters. The summed E-state index contributed by atoms with van der Waals surface area (Å²) in [6.45, 7) is 2.73. The number of aromatic nitrogens is 2. The molecule has 0 saturated heterocycles. The molecule has 1 aromatic carbocycles. The Bertz CT molecular complexity index is 680. The molecule has 5 nitrogen and oxygen atoms in total. The van der Waals surface area contributed by atoms with Crippen molar-refractivity contribution < 1.29 is 9.53 Å². The lowest BCUT2D eigenvalue weighted by atomic mass is 9.78. The molecule has 106 valence electrons. The summed E-state index contributed by atoms with van der Waals surface area (Å²) in [5, 5.41) is 0. The predicted octanol–water partition coefficient (Wildman–Crippen LogP) is 2.24. The molecule has 1 saturated carbocycles. The van der Waals surface area contributed by atoms with Crippen molar-refractivity contribution in [1.82, 2.24) is 9.97 Å². The smallest absolute Gasteiger partial charge is 0.323 e.